The normalized spacial score (nSPS) is 14.0. The zero-order chi connectivity index (χ0) is 15.8. The maximum absolute atomic E-state index is 11.7. The highest BCUT2D eigenvalue weighted by molar-refractivity contribution is 5.78. The van der Waals surface area contributed by atoms with Crippen LogP contribution in [-0.4, -0.2) is 43.6 Å². The number of ether oxygens (including phenoxy) is 1. The van der Waals surface area contributed by atoms with E-state index in [9.17, 15) is 9.59 Å². The van der Waals surface area contributed by atoms with Crippen molar-refractivity contribution in [3.63, 3.8) is 0 Å². The van der Waals surface area contributed by atoms with Crippen LogP contribution in [0.25, 0.3) is 0 Å². The molecule has 1 aliphatic heterocycles. The van der Waals surface area contributed by atoms with E-state index >= 15 is 0 Å². The Bertz CT molecular complexity index is 502. The lowest BCUT2D eigenvalue weighted by Gasteiger charge is -2.15. The van der Waals surface area contributed by atoms with Crippen molar-refractivity contribution in [1.29, 1.82) is 0 Å². The van der Waals surface area contributed by atoms with Gasteiger partial charge in [-0.15, -0.1) is 0 Å². The molecule has 22 heavy (non-hydrogen) atoms. The molecule has 120 valence electrons. The molecule has 0 bridgehead atoms. The van der Waals surface area contributed by atoms with E-state index in [-0.39, 0.29) is 11.9 Å². The lowest BCUT2D eigenvalue weighted by atomic mass is 10.2. The molecule has 0 aliphatic carbocycles. The topological polar surface area (TPSA) is 70.7 Å². The van der Waals surface area contributed by atoms with Gasteiger partial charge in [-0.2, -0.15) is 0 Å². The molecule has 3 amide bonds. The number of amides is 3. The molecule has 0 unspecified atom stereocenters. The van der Waals surface area contributed by atoms with Gasteiger partial charge >= 0.3 is 6.03 Å². The van der Waals surface area contributed by atoms with E-state index in [4.69, 9.17) is 4.74 Å². The number of benzene rings is 1. The van der Waals surface area contributed by atoms with Gasteiger partial charge in [-0.1, -0.05) is 12.1 Å². The third-order valence-corrected chi connectivity index (χ3v) is 3.67. The van der Waals surface area contributed by atoms with Crippen LogP contribution < -0.4 is 15.4 Å². The van der Waals surface area contributed by atoms with Crippen LogP contribution in [0, 0.1) is 0 Å². The summed E-state index contributed by atoms with van der Waals surface area (Å²) in [5.74, 6) is 1.02. The van der Waals surface area contributed by atoms with E-state index in [1.807, 2.05) is 29.2 Å². The van der Waals surface area contributed by atoms with Gasteiger partial charge in [0.05, 0.1) is 7.11 Å². The Hall–Kier alpha value is -2.24. The molecule has 1 aromatic carbocycles. The van der Waals surface area contributed by atoms with Crippen molar-refractivity contribution >= 4 is 11.9 Å². The molecule has 6 heteroatoms. The van der Waals surface area contributed by atoms with Crippen molar-refractivity contribution in [2.75, 3.05) is 26.7 Å². The van der Waals surface area contributed by atoms with E-state index in [0.29, 0.717) is 19.5 Å². The highest BCUT2D eigenvalue weighted by atomic mass is 16.5. The average Bonchev–Trinajstić information content (AvgIpc) is 2.95. The van der Waals surface area contributed by atoms with Crippen LogP contribution in [0.2, 0.25) is 0 Å². The Labute approximate surface area is 130 Å². The van der Waals surface area contributed by atoms with Gasteiger partial charge in [-0.3, -0.25) is 4.79 Å². The molecule has 2 rings (SSSR count). The zero-order valence-corrected chi connectivity index (χ0v) is 12.9. The van der Waals surface area contributed by atoms with Crippen molar-refractivity contribution in [3.8, 4) is 5.75 Å². The highest BCUT2D eigenvalue weighted by Crippen LogP contribution is 2.11. The lowest BCUT2D eigenvalue weighted by Crippen LogP contribution is -2.37. The van der Waals surface area contributed by atoms with E-state index in [1.54, 1.807) is 7.11 Å². The summed E-state index contributed by atoms with van der Waals surface area (Å²) >= 11 is 0. The fraction of sp³-hybridized carbons (Fsp3) is 0.500. The van der Waals surface area contributed by atoms with Gasteiger partial charge < -0.3 is 20.3 Å². The number of nitrogens with one attached hydrogen (secondary N) is 2. The van der Waals surface area contributed by atoms with Gasteiger partial charge in [0, 0.05) is 32.6 Å². The van der Waals surface area contributed by atoms with Gasteiger partial charge in [0.1, 0.15) is 5.75 Å². The molecule has 1 aliphatic rings. The molecule has 0 spiro atoms. The van der Waals surface area contributed by atoms with Crippen molar-refractivity contribution < 1.29 is 14.3 Å². The number of carbonyl (C=O) groups is 2. The molecule has 1 heterocycles. The third kappa shape index (κ3) is 4.95. The van der Waals surface area contributed by atoms with E-state index < -0.39 is 0 Å². The van der Waals surface area contributed by atoms with Crippen LogP contribution in [-0.2, 0) is 11.3 Å². The SMILES string of the molecule is COc1ccc(CNC(=O)NCCCN2CCCC2=O)cc1. The minimum absolute atomic E-state index is 0.191. The number of urea groups is 1. The molecule has 0 atom stereocenters. The Morgan fingerprint density at radius 2 is 2.05 bits per heavy atom. The number of methoxy groups -OCH3 is 1. The van der Waals surface area contributed by atoms with Crippen molar-refractivity contribution in [2.45, 2.75) is 25.8 Å². The zero-order valence-electron chi connectivity index (χ0n) is 12.9. The summed E-state index contributed by atoms with van der Waals surface area (Å²) in [4.78, 5) is 25.0. The minimum Gasteiger partial charge on any atom is -0.497 e. The first kappa shape index (κ1) is 16.1. The van der Waals surface area contributed by atoms with Crippen LogP contribution in [0.3, 0.4) is 0 Å². The fourth-order valence-electron chi connectivity index (χ4n) is 2.40. The van der Waals surface area contributed by atoms with Crippen LogP contribution in [0.15, 0.2) is 24.3 Å². The van der Waals surface area contributed by atoms with E-state index in [0.717, 1.165) is 37.2 Å². The van der Waals surface area contributed by atoms with Crippen LogP contribution in [0.5, 0.6) is 5.75 Å². The molecule has 0 radical (unpaired) electrons. The molecule has 2 N–H and O–H groups in total. The fourth-order valence-corrected chi connectivity index (χ4v) is 2.40. The molecule has 1 aromatic rings. The molecule has 6 nitrogen and oxygen atoms in total. The number of carbonyl (C=O) groups excluding carboxylic acids is 2. The number of nitrogens with zero attached hydrogens (tertiary/aromatic N) is 1. The van der Waals surface area contributed by atoms with Gasteiger partial charge in [0.2, 0.25) is 5.91 Å². The molecule has 1 saturated heterocycles. The summed E-state index contributed by atoms with van der Waals surface area (Å²) in [5.41, 5.74) is 1.01. The third-order valence-electron chi connectivity index (χ3n) is 3.67. The second-order valence-electron chi connectivity index (χ2n) is 5.30. The van der Waals surface area contributed by atoms with Gasteiger partial charge in [0.25, 0.3) is 0 Å². The molecule has 0 aromatic heterocycles. The smallest absolute Gasteiger partial charge is 0.315 e. The first-order valence-corrected chi connectivity index (χ1v) is 7.61. The highest BCUT2D eigenvalue weighted by Gasteiger charge is 2.18. The predicted molar refractivity (Wildman–Crippen MR) is 83.7 cm³/mol. The molecular formula is C16H23N3O3. The van der Waals surface area contributed by atoms with Gasteiger partial charge in [0.15, 0.2) is 0 Å². The predicted octanol–water partition coefficient (Wildman–Crippen LogP) is 1.51. The summed E-state index contributed by atoms with van der Waals surface area (Å²) in [6, 6.07) is 7.36. The number of hydrogen-bond acceptors (Lipinski definition) is 3. The van der Waals surface area contributed by atoms with Gasteiger partial charge in [-0.25, -0.2) is 4.79 Å². The minimum atomic E-state index is -0.191. The van der Waals surface area contributed by atoms with Crippen molar-refractivity contribution in [1.82, 2.24) is 15.5 Å². The number of hydrogen-bond donors (Lipinski definition) is 2. The number of rotatable bonds is 7. The average molecular weight is 305 g/mol. The van der Waals surface area contributed by atoms with E-state index in [1.165, 1.54) is 0 Å². The Kier molecular flexibility index (Phi) is 6.06. The summed E-state index contributed by atoms with van der Waals surface area (Å²) < 4.78 is 5.08. The van der Waals surface area contributed by atoms with Crippen LogP contribution in [0.1, 0.15) is 24.8 Å². The lowest BCUT2D eigenvalue weighted by molar-refractivity contribution is -0.127. The van der Waals surface area contributed by atoms with Crippen LogP contribution in [0.4, 0.5) is 4.79 Å². The summed E-state index contributed by atoms with van der Waals surface area (Å²) in [7, 11) is 1.62. The second-order valence-corrected chi connectivity index (χ2v) is 5.30. The Balaban J connectivity index is 1.58. The maximum Gasteiger partial charge on any atom is 0.315 e. The summed E-state index contributed by atoms with van der Waals surface area (Å²) in [5, 5.41) is 5.60. The summed E-state index contributed by atoms with van der Waals surface area (Å²) in [6.45, 7) is 2.61. The van der Waals surface area contributed by atoms with Gasteiger partial charge in [-0.05, 0) is 30.5 Å². The largest absolute Gasteiger partial charge is 0.497 e. The first-order valence-electron chi connectivity index (χ1n) is 7.61. The Morgan fingerprint density at radius 1 is 1.27 bits per heavy atom. The monoisotopic (exact) mass is 305 g/mol. The number of likely N-dealkylation sites (tertiary alicyclic amines) is 1. The standard InChI is InChI=1S/C16H23N3O3/c1-22-14-7-5-13(6-8-14)12-18-16(21)17-9-3-11-19-10-2-4-15(19)20/h5-8H,2-4,9-12H2,1H3,(H2,17,18,21). The van der Waals surface area contributed by atoms with Crippen molar-refractivity contribution in [3.05, 3.63) is 29.8 Å². The Morgan fingerprint density at radius 3 is 2.68 bits per heavy atom. The molecule has 0 saturated carbocycles. The quantitative estimate of drug-likeness (QED) is 0.750. The second kappa shape index (κ2) is 8.26. The van der Waals surface area contributed by atoms with Crippen molar-refractivity contribution in [2.24, 2.45) is 0 Å². The van der Waals surface area contributed by atoms with Crippen LogP contribution >= 0.6 is 0 Å². The summed E-state index contributed by atoms with van der Waals surface area (Å²) in [6.07, 6.45) is 2.39. The van der Waals surface area contributed by atoms with E-state index in [2.05, 4.69) is 10.6 Å². The molecule has 1 fully saturated rings. The maximum atomic E-state index is 11.7. The molecular weight excluding hydrogens is 282 g/mol. The first-order chi connectivity index (χ1) is 10.7.